The van der Waals surface area contributed by atoms with E-state index in [2.05, 4.69) is 25.2 Å². The molecule has 13 heavy (non-hydrogen) atoms. The zero-order valence-electron chi connectivity index (χ0n) is 9.05. The summed E-state index contributed by atoms with van der Waals surface area (Å²) in [5.74, 6) is 0. The number of hydrogen-bond acceptors (Lipinski definition) is 1. The Kier molecular flexibility index (Phi) is 7.11. The van der Waals surface area contributed by atoms with Crippen molar-refractivity contribution < 1.29 is 0 Å². The lowest BCUT2D eigenvalue weighted by Gasteiger charge is -2.00. The van der Waals surface area contributed by atoms with E-state index in [1.54, 1.807) is 0 Å². The van der Waals surface area contributed by atoms with Crippen LogP contribution in [0, 0.1) is 0 Å². The molecule has 0 amide bonds. The van der Waals surface area contributed by atoms with Gasteiger partial charge in [0.25, 0.3) is 6.13 Å². The molecule has 3 heteroatoms. The highest BCUT2D eigenvalue weighted by molar-refractivity contribution is 7.11. The zero-order valence-corrected chi connectivity index (χ0v) is 9.80. The molecule has 0 N–H and O–H groups in total. The van der Waals surface area contributed by atoms with Gasteiger partial charge in [-0.2, -0.15) is 11.5 Å². The number of hydrogen-bond donors (Lipinski definition) is 0. The smallest absolute Gasteiger partial charge is 0.279 e. The normalized spacial score (nSPS) is 13.8. The van der Waals surface area contributed by atoms with Crippen LogP contribution in [0.15, 0.2) is 23.7 Å². The molecule has 1 aliphatic rings. The highest BCUT2D eigenvalue weighted by atomic mass is 35.5. The average molecular weight is 200 g/mol. The van der Waals surface area contributed by atoms with E-state index in [4.69, 9.17) is 11.5 Å². The van der Waals surface area contributed by atoms with Crippen LogP contribution in [0.2, 0.25) is 6.32 Å². The highest BCUT2D eigenvalue weighted by Crippen LogP contribution is 2.18. The summed E-state index contributed by atoms with van der Waals surface area (Å²) in [6.45, 7) is 2.11. The summed E-state index contributed by atoms with van der Waals surface area (Å²) in [6.07, 6.45) is 8.68. The van der Waals surface area contributed by atoms with Crippen LogP contribution in [0.4, 0.5) is 0 Å². The third-order valence-corrected chi connectivity index (χ3v) is 2.15. The van der Waals surface area contributed by atoms with Gasteiger partial charge in [0.05, 0.1) is 0 Å². The molecule has 0 saturated heterocycles. The van der Waals surface area contributed by atoms with Crippen LogP contribution in [0.3, 0.4) is 0 Å². The van der Waals surface area contributed by atoms with Crippen LogP contribution in [0.25, 0.3) is 0 Å². The first-order chi connectivity index (χ1) is 6.07. The minimum atomic E-state index is 0.264. The fourth-order valence-corrected chi connectivity index (χ4v) is 1.12. The minimum Gasteiger partial charge on any atom is -0.312 e. The first-order valence-electron chi connectivity index (χ1n) is 4.68. The molecule has 0 aromatic carbocycles. The van der Waals surface area contributed by atoms with Crippen molar-refractivity contribution in [2.24, 2.45) is 0 Å². The van der Waals surface area contributed by atoms with Gasteiger partial charge in [-0.3, -0.25) is 0 Å². The number of halogens is 1. The number of rotatable bonds is 2. The van der Waals surface area contributed by atoms with Crippen molar-refractivity contribution in [3.63, 3.8) is 0 Å². The van der Waals surface area contributed by atoms with E-state index in [1.165, 1.54) is 5.47 Å². The van der Waals surface area contributed by atoms with Crippen molar-refractivity contribution in [2.45, 2.75) is 19.7 Å². The third kappa shape index (κ3) is 6.91. The van der Waals surface area contributed by atoms with Crippen LogP contribution >= 0.6 is 11.5 Å². The Hall–Kier alpha value is -0.205. The van der Waals surface area contributed by atoms with E-state index < -0.39 is 0 Å². The van der Waals surface area contributed by atoms with Gasteiger partial charge < -0.3 is 4.90 Å². The summed E-state index contributed by atoms with van der Waals surface area (Å²) in [6, 6.07) is 0. The van der Waals surface area contributed by atoms with Crippen molar-refractivity contribution in [2.75, 3.05) is 21.1 Å². The fourth-order valence-electron chi connectivity index (χ4n) is 0.958. The van der Waals surface area contributed by atoms with E-state index in [-0.39, 0.29) is 6.13 Å². The molecule has 0 spiro atoms. The van der Waals surface area contributed by atoms with E-state index in [0.717, 1.165) is 12.7 Å². The largest absolute Gasteiger partial charge is 0.312 e. The molecule has 0 unspecified atom stereocenters. The topological polar surface area (TPSA) is 3.24 Å². The van der Waals surface area contributed by atoms with Crippen molar-refractivity contribution in [1.82, 2.24) is 4.90 Å². The molecule has 0 bridgehead atoms. The first kappa shape index (κ1) is 12.8. The molecule has 0 heterocycles. The van der Waals surface area contributed by atoms with Crippen molar-refractivity contribution in [3.8, 4) is 0 Å². The van der Waals surface area contributed by atoms with Gasteiger partial charge >= 0.3 is 0 Å². The molecule has 0 aromatic heterocycles. The predicted octanol–water partition coefficient (Wildman–Crippen LogP) is 2.84. The second kappa shape index (κ2) is 7.22. The van der Waals surface area contributed by atoms with Crippen LogP contribution in [-0.4, -0.2) is 32.2 Å². The van der Waals surface area contributed by atoms with Crippen molar-refractivity contribution in [1.29, 1.82) is 0 Å². The van der Waals surface area contributed by atoms with Gasteiger partial charge in [0.2, 0.25) is 0 Å². The van der Waals surface area contributed by atoms with E-state index in [1.807, 2.05) is 26.0 Å². The molecular formula is C10H19BClN. The predicted molar refractivity (Wildman–Crippen MR) is 63.5 cm³/mol. The average Bonchev–Trinajstić information content (AvgIpc) is 2.54. The maximum absolute atomic E-state index is 5.96. The van der Waals surface area contributed by atoms with Gasteiger partial charge in [0.15, 0.2) is 0 Å². The Labute approximate surface area is 87.4 Å². The molecule has 0 atom stereocenters. The lowest BCUT2D eigenvalue weighted by atomic mass is 9.65. The van der Waals surface area contributed by atoms with Gasteiger partial charge in [-0.1, -0.05) is 36.9 Å². The molecule has 74 valence electrons. The van der Waals surface area contributed by atoms with Crippen LogP contribution < -0.4 is 0 Å². The quantitative estimate of drug-likeness (QED) is 0.618. The van der Waals surface area contributed by atoms with Gasteiger partial charge in [-0.05, 0) is 27.6 Å². The number of allylic oxidation sites excluding steroid dienone is 4. The molecular weight excluding hydrogens is 180 g/mol. The SMILES string of the molecule is CCB(Cl)C1=CC=CC1.CN(C)C. The molecule has 0 fully saturated rings. The lowest BCUT2D eigenvalue weighted by molar-refractivity contribution is 0.505. The Balaban J connectivity index is 0.000000310. The van der Waals surface area contributed by atoms with Gasteiger partial charge in [0, 0.05) is 0 Å². The first-order valence-corrected chi connectivity index (χ1v) is 5.12. The molecule has 1 rings (SSSR count). The maximum atomic E-state index is 5.96. The Bertz CT molecular complexity index is 185. The Morgan fingerprint density at radius 3 is 2.31 bits per heavy atom. The second-order valence-electron chi connectivity index (χ2n) is 3.59. The highest BCUT2D eigenvalue weighted by Gasteiger charge is 2.13. The van der Waals surface area contributed by atoms with Crippen LogP contribution in [0.5, 0.6) is 0 Å². The van der Waals surface area contributed by atoms with E-state index in [9.17, 15) is 0 Å². The van der Waals surface area contributed by atoms with Gasteiger partial charge in [-0.15, -0.1) is 0 Å². The second-order valence-corrected chi connectivity index (χ2v) is 4.12. The fraction of sp³-hybridized carbons (Fsp3) is 0.600. The molecule has 0 saturated carbocycles. The standard InChI is InChI=1S/C7H10BCl.C3H9N/c1-2-8(9)7-5-3-4-6-7;1-4(2)3/h3-5H,2,6H2,1H3;1-3H3. The molecule has 0 radical (unpaired) electrons. The summed E-state index contributed by atoms with van der Waals surface area (Å²) in [7, 11) is 6.00. The van der Waals surface area contributed by atoms with Crippen molar-refractivity contribution in [3.05, 3.63) is 23.7 Å². The summed E-state index contributed by atoms with van der Waals surface area (Å²) >= 11 is 5.96. The number of nitrogens with zero attached hydrogens (tertiary/aromatic N) is 1. The van der Waals surface area contributed by atoms with Crippen molar-refractivity contribution >= 4 is 17.6 Å². The van der Waals surface area contributed by atoms with Gasteiger partial charge in [0.1, 0.15) is 0 Å². The Morgan fingerprint density at radius 1 is 1.46 bits per heavy atom. The monoisotopic (exact) mass is 199 g/mol. The summed E-state index contributed by atoms with van der Waals surface area (Å²) < 4.78 is 0. The third-order valence-electron chi connectivity index (χ3n) is 1.56. The summed E-state index contributed by atoms with van der Waals surface area (Å²) in [4.78, 5) is 2.00. The molecule has 1 nitrogen and oxygen atoms in total. The maximum Gasteiger partial charge on any atom is 0.279 e. The minimum absolute atomic E-state index is 0.264. The molecule has 0 aromatic rings. The summed E-state index contributed by atoms with van der Waals surface area (Å²) in [5, 5.41) is 0. The zero-order chi connectivity index (χ0) is 10.3. The molecule has 0 aliphatic heterocycles. The van der Waals surface area contributed by atoms with Crippen LogP contribution in [-0.2, 0) is 0 Å². The lowest BCUT2D eigenvalue weighted by Crippen LogP contribution is -2.03. The van der Waals surface area contributed by atoms with E-state index >= 15 is 0 Å². The summed E-state index contributed by atoms with van der Waals surface area (Å²) in [5.41, 5.74) is 1.36. The van der Waals surface area contributed by atoms with Crippen LogP contribution in [0.1, 0.15) is 13.3 Å². The Morgan fingerprint density at radius 2 is 2.00 bits per heavy atom. The van der Waals surface area contributed by atoms with E-state index in [0.29, 0.717) is 0 Å². The van der Waals surface area contributed by atoms with Gasteiger partial charge in [-0.25, -0.2) is 0 Å². The molecule has 1 aliphatic carbocycles.